The summed E-state index contributed by atoms with van der Waals surface area (Å²) in [7, 11) is 0. The molecule has 2 unspecified atom stereocenters. The van der Waals surface area contributed by atoms with Crippen molar-refractivity contribution in [2.75, 3.05) is 26.2 Å². The molecule has 2 N–H and O–H groups in total. The number of aliphatic hydroxyl groups excluding tert-OH is 1. The molecule has 0 bridgehead atoms. The van der Waals surface area contributed by atoms with Gasteiger partial charge in [0.25, 0.3) is 0 Å². The summed E-state index contributed by atoms with van der Waals surface area (Å²) in [5, 5.41) is 13.1. The predicted octanol–water partition coefficient (Wildman–Crippen LogP) is 1.32. The summed E-state index contributed by atoms with van der Waals surface area (Å²) in [4.78, 5) is 2.37. The van der Waals surface area contributed by atoms with E-state index in [1.165, 1.54) is 11.1 Å². The fourth-order valence-corrected chi connectivity index (χ4v) is 2.47. The average Bonchev–Trinajstić information content (AvgIpc) is 2.33. The number of hydrogen-bond acceptors (Lipinski definition) is 3. The second-order valence-electron chi connectivity index (χ2n) is 4.96. The Labute approximate surface area is 103 Å². The van der Waals surface area contributed by atoms with E-state index in [2.05, 4.69) is 48.3 Å². The average molecular weight is 234 g/mol. The van der Waals surface area contributed by atoms with Crippen molar-refractivity contribution in [3.63, 3.8) is 0 Å². The van der Waals surface area contributed by atoms with Gasteiger partial charge in [0.2, 0.25) is 0 Å². The van der Waals surface area contributed by atoms with Crippen LogP contribution >= 0.6 is 0 Å². The summed E-state index contributed by atoms with van der Waals surface area (Å²) in [6, 6.07) is 9.13. The second kappa shape index (κ2) is 5.63. The highest BCUT2D eigenvalue weighted by Gasteiger charge is 2.23. The van der Waals surface area contributed by atoms with Crippen LogP contribution in [0.4, 0.5) is 0 Å². The van der Waals surface area contributed by atoms with E-state index >= 15 is 0 Å². The van der Waals surface area contributed by atoms with E-state index in [0.29, 0.717) is 6.04 Å². The van der Waals surface area contributed by atoms with Crippen molar-refractivity contribution in [2.24, 2.45) is 0 Å². The lowest BCUT2D eigenvalue weighted by Gasteiger charge is -2.37. The van der Waals surface area contributed by atoms with Gasteiger partial charge < -0.3 is 10.4 Å². The van der Waals surface area contributed by atoms with Gasteiger partial charge in [-0.1, -0.05) is 29.8 Å². The molecular formula is C14H22N2O. The third-order valence-electron chi connectivity index (χ3n) is 3.48. The van der Waals surface area contributed by atoms with Gasteiger partial charge in [0, 0.05) is 25.7 Å². The van der Waals surface area contributed by atoms with Crippen molar-refractivity contribution in [1.82, 2.24) is 10.2 Å². The molecule has 1 heterocycles. The topological polar surface area (TPSA) is 35.5 Å². The fourth-order valence-electron chi connectivity index (χ4n) is 2.47. The monoisotopic (exact) mass is 234 g/mol. The van der Waals surface area contributed by atoms with Crippen molar-refractivity contribution in [3.05, 3.63) is 35.4 Å². The lowest BCUT2D eigenvalue weighted by atomic mass is 10.0. The van der Waals surface area contributed by atoms with Gasteiger partial charge in [0.15, 0.2) is 0 Å². The standard InChI is InChI=1S/C14H22N2O/c1-11-3-5-13(6-4-11)14(10-17)16-8-7-15-12(2)9-16/h3-6,12,14-15,17H,7-10H2,1-2H3. The van der Waals surface area contributed by atoms with Crippen LogP contribution < -0.4 is 5.32 Å². The highest BCUT2D eigenvalue weighted by molar-refractivity contribution is 5.24. The summed E-state index contributed by atoms with van der Waals surface area (Å²) in [6.45, 7) is 7.47. The molecular weight excluding hydrogens is 212 g/mol. The van der Waals surface area contributed by atoms with Gasteiger partial charge in [-0.2, -0.15) is 0 Å². The Morgan fingerprint density at radius 3 is 2.71 bits per heavy atom. The lowest BCUT2D eigenvalue weighted by Crippen LogP contribution is -2.50. The molecule has 17 heavy (non-hydrogen) atoms. The number of nitrogens with zero attached hydrogens (tertiary/aromatic N) is 1. The molecule has 2 atom stereocenters. The van der Waals surface area contributed by atoms with Crippen LogP contribution in [0.1, 0.15) is 24.1 Å². The summed E-state index contributed by atoms with van der Waals surface area (Å²) < 4.78 is 0. The molecule has 0 aliphatic carbocycles. The second-order valence-corrected chi connectivity index (χ2v) is 4.96. The molecule has 0 radical (unpaired) electrons. The van der Waals surface area contributed by atoms with Gasteiger partial charge in [-0.3, -0.25) is 4.90 Å². The van der Waals surface area contributed by atoms with Crippen LogP contribution in [0.5, 0.6) is 0 Å². The van der Waals surface area contributed by atoms with Gasteiger partial charge in [0.1, 0.15) is 0 Å². The first-order valence-electron chi connectivity index (χ1n) is 6.35. The minimum atomic E-state index is 0.139. The molecule has 1 aliphatic heterocycles. The number of aryl methyl sites for hydroxylation is 1. The molecule has 0 aromatic heterocycles. The van der Waals surface area contributed by atoms with Crippen molar-refractivity contribution in [3.8, 4) is 0 Å². The van der Waals surface area contributed by atoms with E-state index in [1.807, 2.05) is 0 Å². The Balaban J connectivity index is 2.12. The highest BCUT2D eigenvalue weighted by Crippen LogP contribution is 2.21. The Hall–Kier alpha value is -0.900. The number of piperazine rings is 1. The molecule has 2 rings (SSSR count). The SMILES string of the molecule is Cc1ccc(C(CO)N2CCNC(C)C2)cc1. The fraction of sp³-hybridized carbons (Fsp3) is 0.571. The van der Waals surface area contributed by atoms with Crippen LogP contribution in [-0.4, -0.2) is 42.3 Å². The van der Waals surface area contributed by atoms with Crippen molar-refractivity contribution < 1.29 is 5.11 Å². The molecule has 0 spiro atoms. The molecule has 0 saturated carbocycles. The van der Waals surface area contributed by atoms with Crippen molar-refractivity contribution >= 4 is 0 Å². The number of rotatable bonds is 3. The summed E-state index contributed by atoms with van der Waals surface area (Å²) >= 11 is 0. The van der Waals surface area contributed by atoms with E-state index in [9.17, 15) is 5.11 Å². The summed E-state index contributed by atoms with van der Waals surface area (Å²) in [5.74, 6) is 0. The lowest BCUT2D eigenvalue weighted by molar-refractivity contribution is 0.0963. The van der Waals surface area contributed by atoms with Crippen LogP contribution in [0, 0.1) is 6.92 Å². The number of benzene rings is 1. The number of hydrogen-bond donors (Lipinski definition) is 2. The first-order chi connectivity index (χ1) is 8.20. The summed E-state index contributed by atoms with van der Waals surface area (Å²) in [5.41, 5.74) is 2.48. The van der Waals surface area contributed by atoms with Gasteiger partial charge in [-0.25, -0.2) is 0 Å². The minimum absolute atomic E-state index is 0.139. The normalized spacial score (nSPS) is 23.6. The Morgan fingerprint density at radius 1 is 1.41 bits per heavy atom. The zero-order valence-electron chi connectivity index (χ0n) is 10.7. The first-order valence-corrected chi connectivity index (χ1v) is 6.35. The van der Waals surface area contributed by atoms with Crippen molar-refractivity contribution in [1.29, 1.82) is 0 Å². The molecule has 1 aliphatic rings. The van der Waals surface area contributed by atoms with E-state index in [1.54, 1.807) is 0 Å². The molecule has 0 amide bonds. The molecule has 3 heteroatoms. The summed E-state index contributed by atoms with van der Waals surface area (Å²) in [6.07, 6.45) is 0. The number of nitrogens with one attached hydrogen (secondary N) is 1. The molecule has 1 aromatic carbocycles. The van der Waals surface area contributed by atoms with Crippen LogP contribution in [0.3, 0.4) is 0 Å². The van der Waals surface area contributed by atoms with Gasteiger partial charge >= 0.3 is 0 Å². The smallest absolute Gasteiger partial charge is 0.0628 e. The zero-order chi connectivity index (χ0) is 12.3. The maximum atomic E-state index is 9.63. The highest BCUT2D eigenvalue weighted by atomic mass is 16.3. The van der Waals surface area contributed by atoms with E-state index in [4.69, 9.17) is 0 Å². The Bertz CT molecular complexity index is 350. The van der Waals surface area contributed by atoms with Crippen LogP contribution in [0.25, 0.3) is 0 Å². The molecule has 3 nitrogen and oxygen atoms in total. The third-order valence-corrected chi connectivity index (χ3v) is 3.48. The molecule has 1 aromatic rings. The third kappa shape index (κ3) is 3.06. The van der Waals surface area contributed by atoms with Crippen LogP contribution in [0.2, 0.25) is 0 Å². The first kappa shape index (κ1) is 12.6. The zero-order valence-corrected chi connectivity index (χ0v) is 10.7. The van der Waals surface area contributed by atoms with E-state index in [0.717, 1.165) is 19.6 Å². The van der Waals surface area contributed by atoms with Gasteiger partial charge in [-0.15, -0.1) is 0 Å². The maximum Gasteiger partial charge on any atom is 0.0628 e. The Morgan fingerprint density at radius 2 is 2.12 bits per heavy atom. The Kier molecular flexibility index (Phi) is 4.15. The molecule has 94 valence electrons. The van der Waals surface area contributed by atoms with E-state index in [-0.39, 0.29) is 12.6 Å². The van der Waals surface area contributed by atoms with Gasteiger partial charge in [-0.05, 0) is 19.4 Å². The maximum absolute atomic E-state index is 9.63. The van der Waals surface area contributed by atoms with Gasteiger partial charge in [0.05, 0.1) is 12.6 Å². The van der Waals surface area contributed by atoms with Crippen molar-refractivity contribution in [2.45, 2.75) is 25.9 Å². The number of aliphatic hydroxyl groups is 1. The largest absolute Gasteiger partial charge is 0.394 e. The van der Waals surface area contributed by atoms with Crippen LogP contribution in [0.15, 0.2) is 24.3 Å². The van der Waals surface area contributed by atoms with Crippen LogP contribution in [-0.2, 0) is 0 Å². The minimum Gasteiger partial charge on any atom is -0.394 e. The van der Waals surface area contributed by atoms with E-state index < -0.39 is 0 Å². The predicted molar refractivity (Wildman–Crippen MR) is 70.0 cm³/mol. The molecule has 1 saturated heterocycles. The molecule has 1 fully saturated rings. The quantitative estimate of drug-likeness (QED) is 0.828.